The van der Waals surface area contributed by atoms with Gasteiger partial charge >= 0.3 is 0 Å². The maximum absolute atomic E-state index is 7.34. The summed E-state index contributed by atoms with van der Waals surface area (Å²) in [5.74, 6) is 0.921. The summed E-state index contributed by atoms with van der Waals surface area (Å²) in [5.41, 5.74) is 0.760. The Morgan fingerprint density at radius 2 is 1.71 bits per heavy atom. The Bertz CT molecular complexity index is 145. The highest BCUT2D eigenvalue weighted by Crippen LogP contribution is 2.21. The fourth-order valence-electron chi connectivity index (χ4n) is 1.92. The van der Waals surface area contributed by atoms with Crippen molar-refractivity contribution in [2.45, 2.75) is 65.2 Å². The van der Waals surface area contributed by atoms with Gasteiger partial charge in [-0.25, -0.2) is 0 Å². The Morgan fingerprint density at radius 3 is 2.21 bits per heavy atom. The van der Waals surface area contributed by atoms with Crippen LogP contribution in [0, 0.1) is 11.3 Å². The van der Waals surface area contributed by atoms with Gasteiger partial charge < -0.3 is 5.41 Å². The molecule has 84 valence electrons. The van der Waals surface area contributed by atoms with E-state index >= 15 is 0 Å². The van der Waals surface area contributed by atoms with Crippen LogP contribution in [0.4, 0.5) is 0 Å². The van der Waals surface area contributed by atoms with Crippen molar-refractivity contribution in [1.82, 2.24) is 0 Å². The maximum Gasteiger partial charge on any atom is 0.0257 e. The number of unbranched alkanes of at least 4 members (excludes halogenated alkanes) is 1. The second-order valence-corrected chi connectivity index (χ2v) is 4.91. The molecular formula is C12H26NP. The van der Waals surface area contributed by atoms with Crippen molar-refractivity contribution in [3.63, 3.8) is 0 Å². The molecule has 0 aliphatic carbocycles. The molecule has 0 aliphatic heterocycles. The normalized spacial score (nSPS) is 12.8. The summed E-state index contributed by atoms with van der Waals surface area (Å²) in [6.45, 7) is 4.54. The van der Waals surface area contributed by atoms with Gasteiger partial charge in [0.2, 0.25) is 0 Å². The number of hydrogen-bond acceptors (Lipinski definition) is 1. The van der Waals surface area contributed by atoms with Gasteiger partial charge in [0.05, 0.1) is 0 Å². The molecule has 14 heavy (non-hydrogen) atoms. The van der Waals surface area contributed by atoms with Gasteiger partial charge in [0.25, 0.3) is 0 Å². The van der Waals surface area contributed by atoms with E-state index in [2.05, 4.69) is 23.1 Å². The van der Waals surface area contributed by atoms with Gasteiger partial charge in [-0.15, -0.1) is 0 Å². The lowest BCUT2D eigenvalue weighted by atomic mass is 9.92. The minimum absolute atomic E-state index is 0.760. The second kappa shape index (κ2) is 9.65. The predicted molar refractivity (Wildman–Crippen MR) is 69.2 cm³/mol. The molecule has 2 heteroatoms. The molecule has 0 rings (SSSR count). The number of nitrogens with one attached hydrogen (secondary N) is 1. The van der Waals surface area contributed by atoms with E-state index < -0.39 is 0 Å². The summed E-state index contributed by atoms with van der Waals surface area (Å²) in [6.07, 6.45) is 10.3. The smallest absolute Gasteiger partial charge is 0.0257 e. The van der Waals surface area contributed by atoms with Crippen LogP contribution in [0.2, 0.25) is 0 Å². The van der Waals surface area contributed by atoms with Crippen LogP contribution in [0.1, 0.15) is 65.2 Å². The van der Waals surface area contributed by atoms with Crippen LogP contribution in [0.5, 0.6) is 0 Å². The predicted octanol–water partition coefficient (Wildman–Crippen LogP) is 4.62. The molecule has 0 aliphatic rings. The summed E-state index contributed by atoms with van der Waals surface area (Å²) in [7, 11) is 2.49. The van der Waals surface area contributed by atoms with Crippen molar-refractivity contribution in [2.24, 2.45) is 5.92 Å². The minimum atomic E-state index is 0.760. The van der Waals surface area contributed by atoms with Crippen LogP contribution >= 0.6 is 9.24 Å². The van der Waals surface area contributed by atoms with Crippen molar-refractivity contribution in [2.75, 3.05) is 0 Å². The lowest BCUT2D eigenvalue weighted by Gasteiger charge is -2.15. The minimum Gasteiger partial charge on any atom is -0.306 e. The van der Waals surface area contributed by atoms with Crippen molar-refractivity contribution in [3.8, 4) is 0 Å². The highest BCUT2D eigenvalue weighted by atomic mass is 31.0. The van der Waals surface area contributed by atoms with Crippen molar-refractivity contribution in [3.05, 3.63) is 0 Å². The second-order valence-electron chi connectivity index (χ2n) is 4.21. The third-order valence-electron chi connectivity index (χ3n) is 2.72. The Balaban J connectivity index is 3.55. The molecule has 0 radical (unpaired) electrons. The summed E-state index contributed by atoms with van der Waals surface area (Å²) in [6, 6.07) is 0. The monoisotopic (exact) mass is 215 g/mol. The number of hydrogen-bond donors (Lipinski definition) is 1. The van der Waals surface area contributed by atoms with Crippen LogP contribution in [-0.2, 0) is 0 Å². The Morgan fingerprint density at radius 1 is 1.07 bits per heavy atom. The molecule has 0 aromatic carbocycles. The van der Waals surface area contributed by atoms with E-state index in [4.69, 9.17) is 5.41 Å². The molecule has 2 unspecified atom stereocenters. The molecule has 0 saturated heterocycles. The van der Waals surface area contributed by atoms with Crippen molar-refractivity contribution >= 4 is 14.7 Å². The summed E-state index contributed by atoms with van der Waals surface area (Å²) in [4.78, 5) is 0. The molecule has 0 spiro atoms. The lowest BCUT2D eigenvalue weighted by Crippen LogP contribution is -2.01. The van der Waals surface area contributed by atoms with Crippen LogP contribution in [0.25, 0.3) is 0 Å². The van der Waals surface area contributed by atoms with E-state index in [0.717, 1.165) is 17.8 Å². The van der Waals surface area contributed by atoms with E-state index in [1.807, 2.05) is 0 Å². The average molecular weight is 215 g/mol. The van der Waals surface area contributed by atoms with Gasteiger partial charge in [0.15, 0.2) is 0 Å². The van der Waals surface area contributed by atoms with E-state index in [1.165, 1.54) is 44.9 Å². The zero-order chi connectivity index (χ0) is 10.8. The molecule has 0 aromatic heterocycles. The third kappa shape index (κ3) is 8.69. The van der Waals surface area contributed by atoms with Crippen LogP contribution in [0.15, 0.2) is 0 Å². The first-order chi connectivity index (χ1) is 6.70. The first-order valence-corrected chi connectivity index (χ1v) is 6.61. The highest BCUT2D eigenvalue weighted by Gasteiger charge is 2.06. The molecule has 0 saturated carbocycles. The molecule has 0 heterocycles. The van der Waals surface area contributed by atoms with Gasteiger partial charge in [-0.05, 0) is 18.8 Å². The van der Waals surface area contributed by atoms with Crippen molar-refractivity contribution < 1.29 is 0 Å². The van der Waals surface area contributed by atoms with Gasteiger partial charge in [-0.3, -0.25) is 0 Å². The standard InChI is InChI=1S/C12H26NP/c1-3-5-8-11(7-4-2)9-6-10-12(13)14/h11,13H,3-10,14H2,1-2H3. The third-order valence-corrected chi connectivity index (χ3v) is 3.01. The largest absolute Gasteiger partial charge is 0.306 e. The highest BCUT2D eigenvalue weighted by molar-refractivity contribution is 7.40. The summed E-state index contributed by atoms with van der Waals surface area (Å²) >= 11 is 0. The lowest BCUT2D eigenvalue weighted by molar-refractivity contribution is 0.395. The zero-order valence-corrected chi connectivity index (χ0v) is 11.0. The topological polar surface area (TPSA) is 23.9 Å². The molecule has 0 amide bonds. The van der Waals surface area contributed by atoms with Gasteiger partial charge in [0, 0.05) is 5.45 Å². The van der Waals surface area contributed by atoms with E-state index in [-0.39, 0.29) is 0 Å². The van der Waals surface area contributed by atoms with Gasteiger partial charge in [-0.2, -0.15) is 0 Å². The Kier molecular flexibility index (Phi) is 9.72. The molecule has 2 atom stereocenters. The first-order valence-electron chi connectivity index (χ1n) is 6.03. The van der Waals surface area contributed by atoms with Crippen LogP contribution < -0.4 is 0 Å². The molecule has 0 aromatic rings. The maximum atomic E-state index is 7.34. The first kappa shape index (κ1) is 14.1. The fourth-order valence-corrected chi connectivity index (χ4v) is 2.12. The SMILES string of the molecule is CCCCC(CCC)CCCC(=N)P. The Hall–Kier alpha value is 0.100. The van der Waals surface area contributed by atoms with E-state index in [1.54, 1.807) is 0 Å². The van der Waals surface area contributed by atoms with E-state index in [0.29, 0.717) is 0 Å². The molecule has 0 bridgehead atoms. The Labute approximate surface area is 91.8 Å². The summed E-state index contributed by atoms with van der Waals surface area (Å²) in [5, 5.41) is 7.34. The van der Waals surface area contributed by atoms with Crippen molar-refractivity contribution in [1.29, 1.82) is 5.41 Å². The van der Waals surface area contributed by atoms with Crippen LogP contribution in [-0.4, -0.2) is 5.45 Å². The molecular weight excluding hydrogens is 189 g/mol. The van der Waals surface area contributed by atoms with E-state index in [9.17, 15) is 0 Å². The average Bonchev–Trinajstić information content (AvgIpc) is 2.13. The molecule has 1 nitrogen and oxygen atoms in total. The van der Waals surface area contributed by atoms with Gasteiger partial charge in [-0.1, -0.05) is 61.6 Å². The molecule has 1 N–H and O–H groups in total. The molecule has 0 fully saturated rings. The van der Waals surface area contributed by atoms with Crippen LogP contribution in [0.3, 0.4) is 0 Å². The summed E-state index contributed by atoms with van der Waals surface area (Å²) < 4.78 is 0. The van der Waals surface area contributed by atoms with Gasteiger partial charge in [0.1, 0.15) is 0 Å². The number of rotatable bonds is 9. The fraction of sp³-hybridized carbons (Fsp3) is 0.917. The zero-order valence-electron chi connectivity index (χ0n) is 9.81. The quantitative estimate of drug-likeness (QED) is 0.429.